The lowest BCUT2D eigenvalue weighted by Gasteiger charge is -2.28. The van der Waals surface area contributed by atoms with Crippen molar-refractivity contribution >= 4 is 0 Å². The summed E-state index contributed by atoms with van der Waals surface area (Å²) < 4.78 is 9.88. The topological polar surface area (TPSA) is 89.0 Å². The monoisotopic (exact) mass is 399 g/mol. The number of nitrogens with one attached hydrogen (secondary N) is 1. The van der Waals surface area contributed by atoms with Crippen LogP contribution in [0.25, 0.3) is 0 Å². The number of benzene rings is 2. The van der Waals surface area contributed by atoms with Crippen molar-refractivity contribution in [3.8, 4) is 17.4 Å². The van der Waals surface area contributed by atoms with Crippen LogP contribution < -0.4 is 10.2 Å². The number of ether oxygens (including phenoxy) is 1. The lowest BCUT2D eigenvalue weighted by Crippen LogP contribution is -2.30. The highest BCUT2D eigenvalue weighted by molar-refractivity contribution is 5.57. The molecule has 1 aliphatic heterocycles. The molecule has 2 aromatic heterocycles. The van der Waals surface area contributed by atoms with Crippen LogP contribution in [0.3, 0.4) is 0 Å². The molecule has 2 N–H and O–H groups in total. The molecule has 1 atom stereocenters. The Balaban J connectivity index is 1.55. The van der Waals surface area contributed by atoms with Crippen molar-refractivity contribution in [2.75, 3.05) is 0 Å². The Kier molecular flexibility index (Phi) is 4.55. The molecule has 0 saturated carbocycles. The molecule has 4 aromatic rings. The van der Waals surface area contributed by atoms with Crippen LogP contribution in [-0.2, 0) is 13.1 Å². The molecule has 0 amide bonds. The maximum atomic E-state index is 9.92. The van der Waals surface area contributed by atoms with Crippen LogP contribution in [0, 0.1) is 5.41 Å². The highest BCUT2D eigenvalue weighted by Gasteiger charge is 2.32. The summed E-state index contributed by atoms with van der Waals surface area (Å²) in [6.45, 7) is 1.49. The lowest BCUT2D eigenvalue weighted by molar-refractivity contribution is 0.411. The molecule has 0 saturated heterocycles. The molecule has 0 radical (unpaired) electrons. The number of rotatable bonds is 5. The van der Waals surface area contributed by atoms with E-state index in [1.807, 2.05) is 51.7 Å². The zero-order valence-corrected chi connectivity index (χ0v) is 16.3. The number of aryl methyl sites for hydroxylation is 2. The van der Waals surface area contributed by atoms with Gasteiger partial charge in [0.1, 0.15) is 23.3 Å². The van der Waals surface area contributed by atoms with Crippen LogP contribution in [0.1, 0.15) is 29.0 Å². The fraction of sp³-hybridized carbons (Fsp3) is 0.174. The molecular formula is C23H21N5O2. The van der Waals surface area contributed by atoms with Crippen LogP contribution in [0.2, 0.25) is 0 Å². The second-order valence-electron chi connectivity index (χ2n) is 7.33. The van der Waals surface area contributed by atoms with Gasteiger partial charge in [0.05, 0.1) is 11.9 Å². The number of aromatic hydroxyl groups is 1. The first-order chi connectivity index (χ1) is 14.7. The summed E-state index contributed by atoms with van der Waals surface area (Å²) in [7, 11) is 0. The van der Waals surface area contributed by atoms with Gasteiger partial charge in [-0.1, -0.05) is 36.4 Å². The predicted molar refractivity (Wildman–Crippen MR) is 110 cm³/mol. The van der Waals surface area contributed by atoms with E-state index >= 15 is 0 Å². The summed E-state index contributed by atoms with van der Waals surface area (Å²) >= 11 is 0. The van der Waals surface area contributed by atoms with E-state index < -0.39 is 0 Å². The molecule has 0 bridgehead atoms. The van der Waals surface area contributed by atoms with Crippen molar-refractivity contribution in [3.05, 3.63) is 95.8 Å². The number of phenolic OH excluding ortho intramolecular Hbond substituents is 1. The van der Waals surface area contributed by atoms with E-state index in [2.05, 4.69) is 9.97 Å². The molecule has 30 heavy (non-hydrogen) atoms. The third kappa shape index (κ3) is 3.24. The Morgan fingerprint density at radius 1 is 1.07 bits per heavy atom. The standard InChI is InChI=1S/C23H21N5O2/c24-22-21-20(16-5-2-1-3-6-16)18-8-7-17(29)13-19(18)30-23(21)26-15-28(22)11-4-10-27-12-9-25-14-27/h1-3,5-9,12-15,20,24,29H,4,10-11H2. The maximum Gasteiger partial charge on any atom is 0.228 e. The van der Waals surface area contributed by atoms with E-state index in [0.717, 1.165) is 29.7 Å². The van der Waals surface area contributed by atoms with E-state index in [0.29, 0.717) is 23.7 Å². The van der Waals surface area contributed by atoms with Gasteiger partial charge < -0.3 is 19.0 Å². The van der Waals surface area contributed by atoms with Gasteiger partial charge in [-0.15, -0.1) is 0 Å². The van der Waals surface area contributed by atoms with E-state index in [4.69, 9.17) is 10.1 Å². The molecule has 0 fully saturated rings. The average Bonchev–Trinajstić information content (AvgIpc) is 3.28. The summed E-state index contributed by atoms with van der Waals surface area (Å²) in [5.74, 6) is 0.936. The molecule has 3 heterocycles. The molecular weight excluding hydrogens is 378 g/mol. The first kappa shape index (κ1) is 18.2. The summed E-state index contributed by atoms with van der Waals surface area (Å²) in [5.41, 5.74) is 3.10. The SMILES string of the molecule is N=c1c2c(ncn1CCCn1ccnc1)Oc1cc(O)ccc1C2c1ccccc1. The zero-order chi connectivity index (χ0) is 20.5. The summed E-state index contributed by atoms with van der Waals surface area (Å²) in [4.78, 5) is 8.59. The number of aromatic nitrogens is 4. The van der Waals surface area contributed by atoms with E-state index in [1.165, 1.54) is 0 Å². The van der Waals surface area contributed by atoms with Gasteiger partial charge in [-0.05, 0) is 18.1 Å². The highest BCUT2D eigenvalue weighted by Crippen LogP contribution is 2.45. The van der Waals surface area contributed by atoms with Crippen molar-refractivity contribution in [1.29, 1.82) is 5.41 Å². The predicted octanol–water partition coefficient (Wildman–Crippen LogP) is 3.64. The molecule has 0 spiro atoms. The molecule has 2 aromatic carbocycles. The summed E-state index contributed by atoms with van der Waals surface area (Å²) in [6, 6.07) is 15.2. The van der Waals surface area contributed by atoms with Crippen molar-refractivity contribution in [2.45, 2.75) is 25.4 Å². The minimum atomic E-state index is -0.188. The van der Waals surface area contributed by atoms with E-state index in [1.54, 1.807) is 31.0 Å². The normalized spacial score (nSPS) is 14.6. The third-order valence-electron chi connectivity index (χ3n) is 5.40. The summed E-state index contributed by atoms with van der Waals surface area (Å²) in [5, 5.41) is 18.8. The Morgan fingerprint density at radius 2 is 1.93 bits per heavy atom. The first-order valence-electron chi connectivity index (χ1n) is 9.86. The highest BCUT2D eigenvalue weighted by atomic mass is 16.5. The number of fused-ring (bicyclic) bond motifs is 2. The van der Waals surface area contributed by atoms with Gasteiger partial charge in [0, 0.05) is 43.0 Å². The average molecular weight is 399 g/mol. The number of imidazole rings is 1. The number of hydrogen-bond acceptors (Lipinski definition) is 5. The second-order valence-corrected chi connectivity index (χ2v) is 7.33. The Labute approximate surface area is 173 Å². The van der Waals surface area contributed by atoms with Gasteiger partial charge in [-0.3, -0.25) is 5.41 Å². The minimum Gasteiger partial charge on any atom is -0.508 e. The molecule has 1 unspecified atom stereocenters. The van der Waals surface area contributed by atoms with Crippen LogP contribution >= 0.6 is 0 Å². The maximum absolute atomic E-state index is 9.92. The van der Waals surface area contributed by atoms with Gasteiger partial charge in [0.2, 0.25) is 5.88 Å². The van der Waals surface area contributed by atoms with Crippen LogP contribution in [0.15, 0.2) is 73.6 Å². The molecule has 7 nitrogen and oxygen atoms in total. The van der Waals surface area contributed by atoms with E-state index in [-0.39, 0.29) is 11.7 Å². The Bertz CT molecular complexity index is 1230. The Hall–Kier alpha value is -3.87. The van der Waals surface area contributed by atoms with Crippen LogP contribution in [0.5, 0.6) is 17.4 Å². The molecule has 150 valence electrons. The molecule has 7 heteroatoms. The second kappa shape index (κ2) is 7.51. The van der Waals surface area contributed by atoms with Gasteiger partial charge in [-0.25, -0.2) is 9.97 Å². The molecule has 5 rings (SSSR count). The first-order valence-corrected chi connectivity index (χ1v) is 9.86. The smallest absolute Gasteiger partial charge is 0.228 e. The fourth-order valence-electron chi connectivity index (χ4n) is 3.96. The van der Waals surface area contributed by atoms with E-state index in [9.17, 15) is 5.11 Å². The number of nitrogens with zero attached hydrogens (tertiary/aromatic N) is 4. The molecule has 1 aliphatic rings. The largest absolute Gasteiger partial charge is 0.508 e. The zero-order valence-electron chi connectivity index (χ0n) is 16.3. The number of phenols is 1. The van der Waals surface area contributed by atoms with Gasteiger partial charge in [0.15, 0.2) is 0 Å². The minimum absolute atomic E-state index is 0.139. The van der Waals surface area contributed by atoms with Crippen molar-refractivity contribution in [2.24, 2.45) is 0 Å². The van der Waals surface area contributed by atoms with Crippen LogP contribution in [0.4, 0.5) is 0 Å². The van der Waals surface area contributed by atoms with Crippen molar-refractivity contribution in [1.82, 2.24) is 19.1 Å². The quantitative estimate of drug-likeness (QED) is 0.472. The number of hydrogen-bond donors (Lipinski definition) is 2. The Morgan fingerprint density at radius 3 is 2.73 bits per heavy atom. The molecule has 0 aliphatic carbocycles. The van der Waals surface area contributed by atoms with Crippen LogP contribution in [-0.4, -0.2) is 24.2 Å². The van der Waals surface area contributed by atoms with Crippen molar-refractivity contribution in [3.63, 3.8) is 0 Å². The van der Waals surface area contributed by atoms with Crippen molar-refractivity contribution < 1.29 is 9.84 Å². The summed E-state index contributed by atoms with van der Waals surface area (Å²) in [6.07, 6.45) is 8.01. The fourth-order valence-corrected chi connectivity index (χ4v) is 3.96. The van der Waals surface area contributed by atoms with Gasteiger partial charge >= 0.3 is 0 Å². The lowest BCUT2D eigenvalue weighted by atomic mass is 9.84. The third-order valence-corrected chi connectivity index (χ3v) is 5.40. The van der Waals surface area contributed by atoms with Gasteiger partial charge in [0.25, 0.3) is 0 Å². The van der Waals surface area contributed by atoms with Gasteiger partial charge in [-0.2, -0.15) is 0 Å².